The number of benzene rings is 2. The number of nitrogens with one attached hydrogen (secondary N) is 2. The molecule has 6 nitrogen and oxygen atoms in total. The monoisotopic (exact) mass is 424 g/mol. The smallest absolute Gasteiger partial charge is 0.319 e. The Hall–Kier alpha value is -2.51. The zero-order valence-corrected chi connectivity index (χ0v) is 17.9. The Bertz CT molecular complexity index is 877. The summed E-state index contributed by atoms with van der Waals surface area (Å²) in [5.74, 6) is 1.07. The minimum Gasteiger partial charge on any atom is -0.336 e. The van der Waals surface area contributed by atoms with Gasteiger partial charge < -0.3 is 15.5 Å². The lowest BCUT2D eigenvalue weighted by Gasteiger charge is -2.37. The first kappa shape index (κ1) is 20.8. The van der Waals surface area contributed by atoms with E-state index in [0.29, 0.717) is 13.1 Å². The number of rotatable bonds is 5. The van der Waals surface area contributed by atoms with Crippen LogP contribution in [0.15, 0.2) is 59.5 Å². The van der Waals surface area contributed by atoms with Gasteiger partial charge in [0.2, 0.25) is 5.91 Å². The van der Waals surface area contributed by atoms with Crippen molar-refractivity contribution < 1.29 is 9.59 Å². The molecule has 2 aromatic carbocycles. The van der Waals surface area contributed by atoms with Gasteiger partial charge in [0.05, 0.1) is 12.2 Å². The van der Waals surface area contributed by atoms with Crippen molar-refractivity contribution >= 4 is 35.1 Å². The van der Waals surface area contributed by atoms with E-state index in [1.54, 1.807) is 11.8 Å². The molecule has 2 N–H and O–H groups in total. The van der Waals surface area contributed by atoms with Gasteiger partial charge in [-0.05, 0) is 43.7 Å². The van der Waals surface area contributed by atoms with Crippen LogP contribution in [-0.2, 0) is 4.79 Å². The largest absolute Gasteiger partial charge is 0.336 e. The van der Waals surface area contributed by atoms with Crippen molar-refractivity contribution in [1.29, 1.82) is 0 Å². The van der Waals surface area contributed by atoms with Crippen molar-refractivity contribution in [2.45, 2.75) is 30.2 Å². The van der Waals surface area contributed by atoms with Crippen LogP contribution < -0.4 is 15.5 Å². The van der Waals surface area contributed by atoms with Crippen molar-refractivity contribution in [2.24, 2.45) is 0 Å². The Kier molecular flexibility index (Phi) is 6.92. The van der Waals surface area contributed by atoms with E-state index >= 15 is 0 Å². The SMILES string of the molecule is O=C(NCC1CCCCN1CC(=O)N1CCSc2ccccc21)Nc1ccccc1. The third-order valence-corrected chi connectivity index (χ3v) is 6.69. The Morgan fingerprint density at radius 1 is 1.00 bits per heavy atom. The van der Waals surface area contributed by atoms with Crippen molar-refractivity contribution in [3.63, 3.8) is 0 Å². The number of hydrogen-bond donors (Lipinski definition) is 2. The molecule has 0 aliphatic carbocycles. The summed E-state index contributed by atoms with van der Waals surface area (Å²) in [4.78, 5) is 30.7. The van der Waals surface area contributed by atoms with Gasteiger partial charge in [-0.3, -0.25) is 9.69 Å². The molecule has 0 bridgehead atoms. The molecular formula is C23H28N4O2S. The maximum Gasteiger partial charge on any atom is 0.319 e. The fourth-order valence-electron chi connectivity index (χ4n) is 4.09. The van der Waals surface area contributed by atoms with Gasteiger partial charge in [0.15, 0.2) is 0 Å². The van der Waals surface area contributed by atoms with Crippen molar-refractivity contribution in [3.8, 4) is 0 Å². The average molecular weight is 425 g/mol. The second-order valence-electron chi connectivity index (χ2n) is 7.68. The Labute approximate surface area is 182 Å². The minimum absolute atomic E-state index is 0.142. The van der Waals surface area contributed by atoms with Crippen molar-refractivity contribution in [1.82, 2.24) is 10.2 Å². The molecule has 1 unspecified atom stereocenters. The lowest BCUT2D eigenvalue weighted by Crippen LogP contribution is -2.51. The molecule has 3 amide bonds. The number of fused-ring (bicyclic) bond motifs is 1. The van der Waals surface area contributed by atoms with E-state index in [2.05, 4.69) is 21.6 Å². The van der Waals surface area contributed by atoms with Crippen LogP contribution in [0.3, 0.4) is 0 Å². The molecule has 2 aliphatic heterocycles. The molecule has 1 atom stereocenters. The van der Waals surface area contributed by atoms with E-state index in [-0.39, 0.29) is 18.0 Å². The first-order valence-electron chi connectivity index (χ1n) is 10.6. The van der Waals surface area contributed by atoms with E-state index in [1.807, 2.05) is 53.4 Å². The summed E-state index contributed by atoms with van der Waals surface area (Å²) < 4.78 is 0. The number of carbonyl (C=O) groups is 2. The van der Waals surface area contributed by atoms with E-state index in [9.17, 15) is 9.59 Å². The number of thioether (sulfide) groups is 1. The van der Waals surface area contributed by atoms with E-state index in [1.165, 1.54) is 4.90 Å². The second-order valence-corrected chi connectivity index (χ2v) is 8.82. The Balaban J connectivity index is 1.34. The van der Waals surface area contributed by atoms with Gasteiger partial charge in [0.25, 0.3) is 0 Å². The van der Waals surface area contributed by atoms with Crippen LogP contribution in [0.5, 0.6) is 0 Å². The van der Waals surface area contributed by atoms with Crippen LogP contribution in [0.1, 0.15) is 19.3 Å². The van der Waals surface area contributed by atoms with Gasteiger partial charge in [0, 0.05) is 35.5 Å². The number of piperidine rings is 1. The highest BCUT2D eigenvalue weighted by Gasteiger charge is 2.29. The van der Waals surface area contributed by atoms with Crippen LogP contribution in [0.25, 0.3) is 0 Å². The van der Waals surface area contributed by atoms with Crippen LogP contribution >= 0.6 is 11.8 Å². The Morgan fingerprint density at radius 2 is 1.80 bits per heavy atom. The molecule has 0 saturated carbocycles. The maximum atomic E-state index is 13.1. The number of nitrogens with zero attached hydrogens (tertiary/aromatic N) is 2. The Morgan fingerprint density at radius 3 is 2.67 bits per heavy atom. The van der Waals surface area contributed by atoms with Gasteiger partial charge in [-0.15, -0.1) is 11.8 Å². The summed E-state index contributed by atoms with van der Waals surface area (Å²) in [5, 5.41) is 5.83. The van der Waals surface area contributed by atoms with Gasteiger partial charge in [-0.25, -0.2) is 4.79 Å². The van der Waals surface area contributed by atoms with E-state index in [0.717, 1.165) is 49.5 Å². The van der Waals surface area contributed by atoms with Gasteiger partial charge >= 0.3 is 6.03 Å². The molecule has 2 aromatic rings. The number of carbonyl (C=O) groups excluding carboxylic acids is 2. The molecule has 0 aromatic heterocycles. The molecule has 0 radical (unpaired) electrons. The highest BCUT2D eigenvalue weighted by atomic mass is 32.2. The highest BCUT2D eigenvalue weighted by Crippen LogP contribution is 2.34. The third kappa shape index (κ3) is 5.15. The highest BCUT2D eigenvalue weighted by molar-refractivity contribution is 7.99. The van der Waals surface area contributed by atoms with Gasteiger partial charge in [-0.2, -0.15) is 0 Å². The topological polar surface area (TPSA) is 64.7 Å². The second kappa shape index (κ2) is 10.00. The maximum absolute atomic E-state index is 13.1. The predicted octanol–water partition coefficient (Wildman–Crippen LogP) is 3.80. The fourth-order valence-corrected chi connectivity index (χ4v) is 5.09. The fraction of sp³-hybridized carbons (Fsp3) is 0.391. The predicted molar refractivity (Wildman–Crippen MR) is 122 cm³/mol. The lowest BCUT2D eigenvalue weighted by molar-refractivity contribution is -0.120. The molecule has 1 saturated heterocycles. The number of likely N-dealkylation sites (tertiary alicyclic amines) is 1. The number of amides is 3. The molecule has 2 aliphatic rings. The number of hydrogen-bond acceptors (Lipinski definition) is 4. The molecule has 7 heteroatoms. The zero-order chi connectivity index (χ0) is 20.8. The van der Waals surface area contributed by atoms with Crippen LogP contribution in [0.2, 0.25) is 0 Å². The third-order valence-electron chi connectivity index (χ3n) is 5.65. The molecule has 2 heterocycles. The molecule has 4 rings (SSSR count). The summed E-state index contributed by atoms with van der Waals surface area (Å²) >= 11 is 1.81. The zero-order valence-electron chi connectivity index (χ0n) is 17.0. The molecule has 30 heavy (non-hydrogen) atoms. The number of urea groups is 1. The summed E-state index contributed by atoms with van der Waals surface area (Å²) in [7, 11) is 0. The summed E-state index contributed by atoms with van der Waals surface area (Å²) in [6, 6.07) is 17.5. The molecule has 0 spiro atoms. The average Bonchev–Trinajstić information content (AvgIpc) is 2.79. The summed E-state index contributed by atoms with van der Waals surface area (Å²) in [6.45, 7) is 2.57. The van der Waals surface area contributed by atoms with Gasteiger partial charge in [0.1, 0.15) is 0 Å². The summed E-state index contributed by atoms with van der Waals surface area (Å²) in [6.07, 6.45) is 3.21. The first-order valence-corrected chi connectivity index (χ1v) is 11.6. The lowest BCUT2D eigenvalue weighted by atomic mass is 10.0. The molecular weight excluding hydrogens is 396 g/mol. The normalized spacial score (nSPS) is 19.1. The molecule has 158 valence electrons. The standard InChI is InChI=1S/C23H28N4O2S/c28-22(27-14-15-30-21-12-5-4-11-20(21)27)17-26-13-7-6-10-19(26)16-24-23(29)25-18-8-2-1-3-9-18/h1-5,8-9,11-12,19H,6-7,10,13-17H2,(H2,24,25,29). The van der Waals surface area contributed by atoms with Crippen LogP contribution in [0, 0.1) is 0 Å². The van der Waals surface area contributed by atoms with Crippen molar-refractivity contribution in [2.75, 3.05) is 42.1 Å². The number of para-hydroxylation sites is 2. The number of anilines is 2. The quantitative estimate of drug-likeness (QED) is 0.766. The van der Waals surface area contributed by atoms with Crippen molar-refractivity contribution in [3.05, 3.63) is 54.6 Å². The van der Waals surface area contributed by atoms with E-state index in [4.69, 9.17) is 0 Å². The van der Waals surface area contributed by atoms with Crippen LogP contribution in [0.4, 0.5) is 16.2 Å². The summed E-state index contributed by atoms with van der Waals surface area (Å²) in [5.41, 5.74) is 1.79. The van der Waals surface area contributed by atoms with Crippen LogP contribution in [-0.4, -0.2) is 54.8 Å². The van der Waals surface area contributed by atoms with Gasteiger partial charge in [-0.1, -0.05) is 36.8 Å². The molecule has 1 fully saturated rings. The van der Waals surface area contributed by atoms with E-state index < -0.39 is 0 Å². The first-order chi connectivity index (χ1) is 14.7. The minimum atomic E-state index is -0.208.